The Bertz CT molecular complexity index is 488. The van der Waals surface area contributed by atoms with E-state index in [2.05, 4.69) is 0 Å². The van der Waals surface area contributed by atoms with Gasteiger partial charge in [0.2, 0.25) is 5.91 Å². The van der Waals surface area contributed by atoms with Crippen molar-refractivity contribution in [2.75, 3.05) is 13.7 Å². The molecule has 20 heavy (non-hydrogen) atoms. The average Bonchev–Trinajstić information content (AvgIpc) is 2.85. The van der Waals surface area contributed by atoms with Crippen molar-refractivity contribution in [3.63, 3.8) is 0 Å². The topological polar surface area (TPSA) is 29.5 Å². The van der Waals surface area contributed by atoms with E-state index in [9.17, 15) is 18.0 Å². The number of alkyl halides is 3. The molecule has 0 aliphatic carbocycles. The van der Waals surface area contributed by atoms with Crippen molar-refractivity contribution in [1.29, 1.82) is 0 Å². The average molecular weight is 287 g/mol. The van der Waals surface area contributed by atoms with Crippen molar-refractivity contribution in [1.82, 2.24) is 4.90 Å². The Labute approximate surface area is 115 Å². The predicted molar refractivity (Wildman–Crippen MR) is 67.4 cm³/mol. The lowest BCUT2D eigenvalue weighted by atomic mass is 10.0. The highest BCUT2D eigenvalue weighted by Crippen LogP contribution is 2.38. The van der Waals surface area contributed by atoms with E-state index in [4.69, 9.17) is 4.74 Å². The number of carbonyl (C=O) groups is 1. The molecule has 1 amide bonds. The zero-order valence-electron chi connectivity index (χ0n) is 11.1. The number of likely N-dealkylation sites (tertiary alicyclic amines) is 1. The van der Waals surface area contributed by atoms with E-state index in [0.717, 1.165) is 5.56 Å². The third kappa shape index (κ3) is 3.23. The summed E-state index contributed by atoms with van der Waals surface area (Å²) in [5, 5.41) is 0. The molecule has 0 saturated carbocycles. The molecule has 110 valence electrons. The molecule has 1 atom stereocenters. The molecule has 1 aliphatic rings. The van der Waals surface area contributed by atoms with Gasteiger partial charge in [-0.25, -0.2) is 0 Å². The predicted octanol–water partition coefficient (Wildman–Crippen LogP) is 3.31. The normalized spacial score (nSPS) is 19.2. The Morgan fingerprint density at radius 2 is 2.10 bits per heavy atom. The van der Waals surface area contributed by atoms with Crippen LogP contribution in [-0.2, 0) is 4.79 Å². The SMILES string of the molecule is COc1ccccc1C1CCCN1C(=O)CC(F)(F)F. The van der Waals surface area contributed by atoms with Crippen LogP contribution in [0.25, 0.3) is 0 Å². The number of amides is 1. The van der Waals surface area contributed by atoms with E-state index >= 15 is 0 Å². The monoisotopic (exact) mass is 287 g/mol. The summed E-state index contributed by atoms with van der Waals surface area (Å²) in [6.45, 7) is 0.359. The fourth-order valence-electron chi connectivity index (χ4n) is 2.60. The first-order valence-electron chi connectivity index (χ1n) is 6.41. The summed E-state index contributed by atoms with van der Waals surface area (Å²) in [6.07, 6.45) is -4.51. The molecule has 0 N–H and O–H groups in total. The Morgan fingerprint density at radius 1 is 1.40 bits per heavy atom. The molecule has 1 aromatic carbocycles. The lowest BCUT2D eigenvalue weighted by molar-refractivity contribution is -0.162. The lowest BCUT2D eigenvalue weighted by Crippen LogP contribution is -2.33. The van der Waals surface area contributed by atoms with Crippen LogP contribution in [0.4, 0.5) is 13.2 Å². The van der Waals surface area contributed by atoms with Crippen LogP contribution in [-0.4, -0.2) is 30.6 Å². The van der Waals surface area contributed by atoms with E-state index in [1.807, 2.05) is 0 Å². The lowest BCUT2D eigenvalue weighted by Gasteiger charge is -2.26. The first kappa shape index (κ1) is 14.7. The minimum atomic E-state index is -4.47. The zero-order valence-corrected chi connectivity index (χ0v) is 11.1. The number of ether oxygens (including phenoxy) is 1. The van der Waals surface area contributed by atoms with Gasteiger partial charge in [0.05, 0.1) is 13.2 Å². The quantitative estimate of drug-likeness (QED) is 0.853. The summed E-state index contributed by atoms with van der Waals surface area (Å²) >= 11 is 0. The fraction of sp³-hybridized carbons (Fsp3) is 0.500. The summed E-state index contributed by atoms with van der Waals surface area (Å²) in [5.74, 6) is -0.268. The number of methoxy groups -OCH3 is 1. The second-order valence-corrected chi connectivity index (χ2v) is 4.78. The Kier molecular flexibility index (Phi) is 4.20. The largest absolute Gasteiger partial charge is 0.496 e. The van der Waals surface area contributed by atoms with Crippen molar-refractivity contribution in [2.24, 2.45) is 0 Å². The summed E-state index contributed by atoms with van der Waals surface area (Å²) in [5.41, 5.74) is 0.767. The molecule has 1 saturated heterocycles. The molecule has 1 heterocycles. The summed E-state index contributed by atoms with van der Waals surface area (Å²) < 4.78 is 42.3. The van der Waals surface area contributed by atoms with Crippen LogP contribution in [0.3, 0.4) is 0 Å². The van der Waals surface area contributed by atoms with Gasteiger partial charge < -0.3 is 9.64 Å². The Balaban J connectivity index is 2.21. The first-order valence-corrected chi connectivity index (χ1v) is 6.41. The van der Waals surface area contributed by atoms with Crippen LogP contribution in [0.5, 0.6) is 5.75 Å². The molecule has 2 rings (SSSR count). The molecule has 1 aromatic rings. The third-order valence-corrected chi connectivity index (χ3v) is 3.42. The highest BCUT2D eigenvalue weighted by molar-refractivity contribution is 5.77. The molecular weight excluding hydrogens is 271 g/mol. The number of benzene rings is 1. The van der Waals surface area contributed by atoms with Crippen molar-refractivity contribution in [3.05, 3.63) is 29.8 Å². The highest BCUT2D eigenvalue weighted by atomic mass is 19.4. The molecule has 6 heteroatoms. The van der Waals surface area contributed by atoms with Gasteiger partial charge in [0.1, 0.15) is 12.2 Å². The number of carbonyl (C=O) groups excluding carboxylic acids is 1. The van der Waals surface area contributed by atoms with Gasteiger partial charge in [0.15, 0.2) is 0 Å². The summed E-state index contributed by atoms with van der Waals surface area (Å²) in [6, 6.07) is 6.80. The van der Waals surface area contributed by atoms with Gasteiger partial charge in [-0.2, -0.15) is 13.2 Å². The maximum Gasteiger partial charge on any atom is 0.397 e. The summed E-state index contributed by atoms with van der Waals surface area (Å²) in [7, 11) is 1.51. The molecule has 1 fully saturated rings. The number of para-hydroxylation sites is 1. The number of rotatable bonds is 3. The van der Waals surface area contributed by atoms with E-state index in [1.54, 1.807) is 24.3 Å². The Hall–Kier alpha value is -1.72. The van der Waals surface area contributed by atoms with E-state index in [-0.39, 0.29) is 6.04 Å². The van der Waals surface area contributed by atoms with Gasteiger partial charge in [-0.1, -0.05) is 18.2 Å². The van der Waals surface area contributed by atoms with Crippen LogP contribution in [0.1, 0.15) is 30.9 Å². The second kappa shape index (κ2) is 5.73. The summed E-state index contributed by atoms with van der Waals surface area (Å²) in [4.78, 5) is 13.1. The number of hydrogen-bond donors (Lipinski definition) is 0. The molecule has 0 spiro atoms. The van der Waals surface area contributed by atoms with Crippen LogP contribution >= 0.6 is 0 Å². The first-order chi connectivity index (χ1) is 9.42. The third-order valence-electron chi connectivity index (χ3n) is 3.42. The maximum atomic E-state index is 12.4. The number of hydrogen-bond acceptors (Lipinski definition) is 2. The van der Waals surface area contributed by atoms with Crippen LogP contribution in [0.15, 0.2) is 24.3 Å². The van der Waals surface area contributed by atoms with Crippen LogP contribution in [0.2, 0.25) is 0 Å². The van der Waals surface area contributed by atoms with Crippen molar-refractivity contribution in [2.45, 2.75) is 31.5 Å². The van der Waals surface area contributed by atoms with Crippen LogP contribution in [0, 0.1) is 0 Å². The van der Waals surface area contributed by atoms with Gasteiger partial charge in [-0.05, 0) is 18.9 Å². The van der Waals surface area contributed by atoms with Crippen molar-refractivity contribution < 1.29 is 22.7 Å². The molecule has 3 nitrogen and oxygen atoms in total. The van der Waals surface area contributed by atoms with Gasteiger partial charge in [-0.15, -0.1) is 0 Å². The van der Waals surface area contributed by atoms with Gasteiger partial charge in [-0.3, -0.25) is 4.79 Å². The molecule has 1 aliphatic heterocycles. The highest BCUT2D eigenvalue weighted by Gasteiger charge is 2.38. The van der Waals surface area contributed by atoms with Crippen molar-refractivity contribution >= 4 is 5.91 Å². The number of halogens is 3. The van der Waals surface area contributed by atoms with E-state index in [0.29, 0.717) is 25.1 Å². The smallest absolute Gasteiger partial charge is 0.397 e. The maximum absolute atomic E-state index is 12.4. The van der Waals surface area contributed by atoms with Crippen molar-refractivity contribution in [3.8, 4) is 5.75 Å². The molecule has 1 unspecified atom stereocenters. The molecule has 0 bridgehead atoms. The molecular formula is C14H16F3NO2. The van der Waals surface area contributed by atoms with E-state index < -0.39 is 18.5 Å². The molecule has 0 aromatic heterocycles. The second-order valence-electron chi connectivity index (χ2n) is 4.78. The number of nitrogens with zero attached hydrogens (tertiary/aromatic N) is 1. The fourth-order valence-corrected chi connectivity index (χ4v) is 2.60. The minimum absolute atomic E-state index is 0.332. The zero-order chi connectivity index (χ0) is 14.8. The van der Waals surface area contributed by atoms with E-state index in [1.165, 1.54) is 12.0 Å². The minimum Gasteiger partial charge on any atom is -0.496 e. The standard InChI is InChI=1S/C14H16F3NO2/c1-20-12-7-3-2-5-10(12)11-6-4-8-18(11)13(19)9-14(15,16)17/h2-3,5,7,11H,4,6,8-9H2,1H3. The van der Waals surface area contributed by atoms with Gasteiger partial charge in [0, 0.05) is 12.1 Å². The Morgan fingerprint density at radius 3 is 2.75 bits per heavy atom. The molecule has 0 radical (unpaired) electrons. The van der Waals surface area contributed by atoms with Gasteiger partial charge in [0.25, 0.3) is 0 Å². The van der Waals surface area contributed by atoms with Gasteiger partial charge >= 0.3 is 6.18 Å². The van der Waals surface area contributed by atoms with Crippen LogP contribution < -0.4 is 4.74 Å².